The number of methoxy groups -OCH3 is 1. The molecule has 1 saturated heterocycles. The molecule has 1 aliphatic rings. The number of carboxylic acid groups (broad SMARTS) is 1. The Bertz CT molecular complexity index is 1410. The second-order valence-corrected chi connectivity index (χ2v) is 8.89. The number of benzene rings is 2. The Morgan fingerprint density at radius 2 is 1.89 bits per heavy atom. The number of rotatable bonds is 9. The highest BCUT2D eigenvalue weighted by Crippen LogP contribution is 2.35. The first-order valence-electron chi connectivity index (χ1n) is 11.0. The summed E-state index contributed by atoms with van der Waals surface area (Å²) >= 11 is 0.744. The van der Waals surface area contributed by atoms with Gasteiger partial charge in [-0.15, -0.1) is 0 Å². The van der Waals surface area contributed by atoms with Crippen molar-refractivity contribution in [2.45, 2.75) is 13.5 Å². The third-order valence-corrected chi connectivity index (χ3v) is 6.23. The van der Waals surface area contributed by atoms with Crippen molar-refractivity contribution >= 4 is 46.5 Å². The Balaban J connectivity index is 1.42. The average Bonchev–Trinajstić information content (AvgIpc) is 3.45. The minimum absolute atomic E-state index is 0.0214. The first-order valence-corrected chi connectivity index (χ1v) is 11.8. The molecule has 37 heavy (non-hydrogen) atoms. The predicted octanol–water partition coefficient (Wildman–Crippen LogP) is 4.55. The molecule has 1 fully saturated rings. The number of hydrogen-bond donors (Lipinski definition) is 2. The number of para-hydroxylation sites is 1. The number of amides is 3. The number of carboxylic acids is 1. The van der Waals surface area contributed by atoms with Crippen molar-refractivity contribution in [3.8, 4) is 11.5 Å². The third-order valence-electron chi connectivity index (χ3n) is 5.32. The fourth-order valence-corrected chi connectivity index (χ4v) is 4.28. The number of hydrogen-bond acceptors (Lipinski definition) is 8. The summed E-state index contributed by atoms with van der Waals surface area (Å²) < 4.78 is 16.2. The quantitative estimate of drug-likeness (QED) is 0.388. The Kier molecular flexibility index (Phi) is 7.63. The van der Waals surface area contributed by atoms with Gasteiger partial charge in [0.15, 0.2) is 11.5 Å². The van der Waals surface area contributed by atoms with Crippen LogP contribution in [0.3, 0.4) is 0 Å². The molecule has 2 N–H and O–H groups in total. The summed E-state index contributed by atoms with van der Waals surface area (Å²) in [6.45, 7) is 1.42. The van der Waals surface area contributed by atoms with Crippen LogP contribution in [-0.2, 0) is 16.2 Å². The van der Waals surface area contributed by atoms with Gasteiger partial charge in [0.2, 0.25) is 11.7 Å². The number of aryl methyl sites for hydroxylation is 1. The fraction of sp³-hybridized carbons (Fsp3) is 0.154. The number of anilines is 1. The molecule has 1 aliphatic heterocycles. The molecular weight excluding hydrogens is 500 g/mol. The molecule has 0 radical (unpaired) electrons. The van der Waals surface area contributed by atoms with E-state index in [-0.39, 0.29) is 17.3 Å². The maximum atomic E-state index is 12.8. The van der Waals surface area contributed by atoms with Crippen LogP contribution in [0.5, 0.6) is 11.5 Å². The molecule has 1 aromatic heterocycles. The molecule has 4 rings (SSSR count). The first kappa shape index (κ1) is 25.6. The standard InChI is InChI=1S/C26H22N2O8S/c1-15-5-3-4-6-18(15)27-23(29)13-28-24(30)22(37-26(28)33)12-16-7-9-19(21(11-16)34-2)35-14-17-8-10-20(36-17)25(31)32/h3-12H,13-14H2,1-2H3,(H,27,29)(H,31,32)/b22-12-. The lowest BCUT2D eigenvalue weighted by atomic mass is 10.2. The van der Waals surface area contributed by atoms with E-state index in [1.807, 2.05) is 19.1 Å². The van der Waals surface area contributed by atoms with Gasteiger partial charge >= 0.3 is 5.97 Å². The van der Waals surface area contributed by atoms with Gasteiger partial charge in [0, 0.05) is 5.69 Å². The van der Waals surface area contributed by atoms with E-state index >= 15 is 0 Å². The SMILES string of the molecule is COc1cc(/C=C2\SC(=O)N(CC(=O)Nc3ccccc3C)C2=O)ccc1OCc1ccc(C(=O)O)o1. The van der Waals surface area contributed by atoms with Gasteiger partial charge in [-0.2, -0.15) is 0 Å². The van der Waals surface area contributed by atoms with Crippen molar-refractivity contribution in [3.63, 3.8) is 0 Å². The first-order chi connectivity index (χ1) is 17.7. The van der Waals surface area contributed by atoms with E-state index in [4.69, 9.17) is 19.0 Å². The summed E-state index contributed by atoms with van der Waals surface area (Å²) in [6.07, 6.45) is 1.53. The number of thioether (sulfide) groups is 1. The van der Waals surface area contributed by atoms with E-state index in [2.05, 4.69) is 5.32 Å². The van der Waals surface area contributed by atoms with Crippen molar-refractivity contribution in [2.75, 3.05) is 19.0 Å². The molecule has 2 aromatic carbocycles. The normalized spacial score (nSPS) is 14.2. The molecule has 0 spiro atoms. The number of furan rings is 1. The van der Waals surface area contributed by atoms with Gasteiger partial charge in [0.05, 0.1) is 12.0 Å². The number of aromatic carboxylic acids is 1. The molecule has 0 bridgehead atoms. The lowest BCUT2D eigenvalue weighted by Gasteiger charge is -2.13. The summed E-state index contributed by atoms with van der Waals surface area (Å²) in [5, 5.41) is 11.1. The Hall–Kier alpha value is -4.51. The van der Waals surface area contributed by atoms with Gasteiger partial charge in [-0.05, 0) is 66.2 Å². The molecule has 0 unspecified atom stereocenters. The molecule has 0 saturated carbocycles. The number of nitrogens with zero attached hydrogens (tertiary/aromatic N) is 1. The van der Waals surface area contributed by atoms with Crippen molar-refractivity contribution in [1.29, 1.82) is 0 Å². The van der Waals surface area contributed by atoms with E-state index in [9.17, 15) is 19.2 Å². The van der Waals surface area contributed by atoms with Gasteiger partial charge in [-0.3, -0.25) is 19.3 Å². The van der Waals surface area contributed by atoms with Crippen LogP contribution in [0.4, 0.5) is 10.5 Å². The number of imide groups is 1. The molecule has 11 heteroatoms. The van der Waals surface area contributed by atoms with E-state index in [0.717, 1.165) is 22.2 Å². The monoisotopic (exact) mass is 522 g/mol. The van der Waals surface area contributed by atoms with Crippen molar-refractivity contribution in [2.24, 2.45) is 0 Å². The van der Waals surface area contributed by atoms with Crippen LogP contribution in [0.15, 0.2) is 63.9 Å². The van der Waals surface area contributed by atoms with Gasteiger partial charge < -0.3 is 24.3 Å². The van der Waals surface area contributed by atoms with Crippen LogP contribution in [0.25, 0.3) is 6.08 Å². The van der Waals surface area contributed by atoms with Crippen LogP contribution >= 0.6 is 11.8 Å². The Morgan fingerprint density at radius 3 is 2.59 bits per heavy atom. The molecule has 10 nitrogen and oxygen atoms in total. The highest BCUT2D eigenvalue weighted by Gasteiger charge is 2.36. The summed E-state index contributed by atoms with van der Waals surface area (Å²) in [5.41, 5.74) is 2.05. The summed E-state index contributed by atoms with van der Waals surface area (Å²) in [5.74, 6) is -1.37. The van der Waals surface area contributed by atoms with Gasteiger partial charge in [0.25, 0.3) is 11.1 Å². The lowest BCUT2D eigenvalue weighted by molar-refractivity contribution is -0.127. The minimum Gasteiger partial charge on any atom is -0.493 e. The molecule has 2 heterocycles. The Morgan fingerprint density at radius 1 is 1.11 bits per heavy atom. The van der Waals surface area contributed by atoms with Gasteiger partial charge in [-0.1, -0.05) is 24.3 Å². The smallest absolute Gasteiger partial charge is 0.371 e. The van der Waals surface area contributed by atoms with Crippen LogP contribution < -0.4 is 14.8 Å². The molecule has 3 aromatic rings. The largest absolute Gasteiger partial charge is 0.493 e. The zero-order chi connectivity index (χ0) is 26.5. The van der Waals surface area contributed by atoms with E-state index in [0.29, 0.717) is 28.5 Å². The van der Waals surface area contributed by atoms with Crippen molar-refractivity contribution in [3.05, 3.63) is 82.1 Å². The van der Waals surface area contributed by atoms with E-state index in [1.165, 1.54) is 25.3 Å². The molecule has 0 aliphatic carbocycles. The maximum absolute atomic E-state index is 12.8. The van der Waals surface area contributed by atoms with E-state index in [1.54, 1.807) is 30.3 Å². The van der Waals surface area contributed by atoms with Crippen LogP contribution in [0.2, 0.25) is 0 Å². The number of carbonyl (C=O) groups is 4. The highest BCUT2D eigenvalue weighted by atomic mass is 32.2. The summed E-state index contributed by atoms with van der Waals surface area (Å²) in [4.78, 5) is 49.7. The lowest BCUT2D eigenvalue weighted by Crippen LogP contribution is -2.36. The van der Waals surface area contributed by atoms with Gasteiger partial charge in [-0.25, -0.2) is 4.79 Å². The van der Waals surface area contributed by atoms with E-state index < -0.39 is 29.6 Å². The average molecular weight is 523 g/mol. The fourth-order valence-electron chi connectivity index (χ4n) is 3.45. The second-order valence-electron chi connectivity index (χ2n) is 7.90. The third kappa shape index (κ3) is 6.01. The van der Waals surface area contributed by atoms with Crippen LogP contribution in [0.1, 0.15) is 27.4 Å². The van der Waals surface area contributed by atoms with Gasteiger partial charge in [0.1, 0.15) is 18.9 Å². The minimum atomic E-state index is -1.18. The molecule has 0 atom stereocenters. The predicted molar refractivity (Wildman–Crippen MR) is 135 cm³/mol. The summed E-state index contributed by atoms with van der Waals surface area (Å²) in [7, 11) is 1.45. The number of nitrogens with one attached hydrogen (secondary N) is 1. The highest BCUT2D eigenvalue weighted by molar-refractivity contribution is 8.18. The number of ether oxygens (including phenoxy) is 2. The summed E-state index contributed by atoms with van der Waals surface area (Å²) in [6, 6.07) is 14.9. The van der Waals surface area contributed by atoms with Crippen molar-refractivity contribution < 1.29 is 38.2 Å². The molecule has 190 valence electrons. The Labute approximate surface area is 215 Å². The van der Waals surface area contributed by atoms with Crippen LogP contribution in [0, 0.1) is 6.92 Å². The molecule has 3 amide bonds. The number of carbonyl (C=O) groups excluding carboxylic acids is 3. The zero-order valence-electron chi connectivity index (χ0n) is 19.8. The van der Waals surface area contributed by atoms with Crippen LogP contribution in [-0.4, -0.2) is 46.7 Å². The second kappa shape index (κ2) is 11.0. The molecular formula is C26H22N2O8S. The topological polar surface area (TPSA) is 135 Å². The maximum Gasteiger partial charge on any atom is 0.371 e. The zero-order valence-corrected chi connectivity index (χ0v) is 20.7. The van der Waals surface area contributed by atoms with Crippen molar-refractivity contribution in [1.82, 2.24) is 4.90 Å².